The number of aromatic nitrogens is 1. The van der Waals surface area contributed by atoms with Gasteiger partial charge in [-0.25, -0.2) is 4.90 Å². The van der Waals surface area contributed by atoms with E-state index in [2.05, 4.69) is 23.6 Å². The molecule has 4 nitrogen and oxygen atoms in total. The standard InChI is InChI=1S/C30H22N2O2/c1-2-31-25-14-8-7-9-19(25)24-17-18(15-16-26(24)31)32-29(33)27-20-10-3-4-11-21(20)28(30(32)34)23-13-6-5-12-22(23)27/h3-17,27-28H,2H2,1H3. The van der Waals surface area contributed by atoms with Crippen LogP contribution in [0.2, 0.25) is 0 Å². The van der Waals surface area contributed by atoms with E-state index in [0.717, 1.165) is 50.6 Å². The van der Waals surface area contributed by atoms with Gasteiger partial charge >= 0.3 is 0 Å². The molecule has 8 rings (SSSR count). The summed E-state index contributed by atoms with van der Waals surface area (Å²) in [6.07, 6.45) is 0. The first-order chi connectivity index (χ1) is 16.7. The Morgan fingerprint density at radius 3 is 1.68 bits per heavy atom. The number of hydrogen-bond donors (Lipinski definition) is 0. The SMILES string of the molecule is CCn1c2ccccc2c2cc(N3C(=O)C4c5ccccc5C(C3=O)c3ccccc34)ccc21. The molecule has 0 radical (unpaired) electrons. The fourth-order valence-corrected chi connectivity index (χ4v) is 6.08. The van der Waals surface area contributed by atoms with Gasteiger partial charge in [-0.3, -0.25) is 9.59 Å². The molecule has 0 N–H and O–H groups in total. The Bertz CT molecular complexity index is 1550. The van der Waals surface area contributed by atoms with E-state index in [-0.39, 0.29) is 11.8 Å². The number of amides is 2. The maximum atomic E-state index is 14.1. The molecular weight excluding hydrogens is 420 g/mol. The van der Waals surface area contributed by atoms with Crippen molar-refractivity contribution in [3.05, 3.63) is 113 Å². The van der Waals surface area contributed by atoms with E-state index < -0.39 is 11.8 Å². The van der Waals surface area contributed by atoms with Gasteiger partial charge < -0.3 is 4.57 Å². The zero-order valence-electron chi connectivity index (χ0n) is 18.7. The summed E-state index contributed by atoms with van der Waals surface area (Å²) in [4.78, 5) is 29.6. The second-order valence-electron chi connectivity index (χ2n) is 9.10. The molecule has 2 aliphatic heterocycles. The van der Waals surface area contributed by atoms with Crippen LogP contribution in [0.1, 0.15) is 41.0 Å². The zero-order valence-corrected chi connectivity index (χ0v) is 18.7. The van der Waals surface area contributed by atoms with Gasteiger partial charge in [0, 0.05) is 28.4 Å². The molecule has 3 heterocycles. The van der Waals surface area contributed by atoms with Crippen LogP contribution in [0.5, 0.6) is 0 Å². The van der Waals surface area contributed by atoms with E-state index in [1.165, 1.54) is 4.90 Å². The van der Waals surface area contributed by atoms with Gasteiger partial charge in [-0.05, 0) is 53.4 Å². The van der Waals surface area contributed by atoms with Crippen LogP contribution >= 0.6 is 0 Å². The van der Waals surface area contributed by atoms with Crippen LogP contribution in [0.25, 0.3) is 21.8 Å². The zero-order chi connectivity index (χ0) is 23.0. The Kier molecular flexibility index (Phi) is 3.92. The van der Waals surface area contributed by atoms with Gasteiger partial charge in [-0.1, -0.05) is 66.7 Å². The molecule has 0 unspecified atom stereocenters. The van der Waals surface area contributed by atoms with E-state index in [9.17, 15) is 9.59 Å². The minimum atomic E-state index is -0.484. The molecule has 5 aromatic rings. The number of carbonyl (C=O) groups excluding carboxylic acids is 2. The van der Waals surface area contributed by atoms with Crippen LogP contribution in [0.15, 0.2) is 91.0 Å². The lowest BCUT2D eigenvalue weighted by molar-refractivity contribution is -0.126. The molecule has 0 saturated carbocycles. The van der Waals surface area contributed by atoms with E-state index in [1.807, 2.05) is 78.9 Å². The quantitative estimate of drug-likeness (QED) is 0.316. The topological polar surface area (TPSA) is 42.3 Å². The second kappa shape index (κ2) is 6.91. The fourth-order valence-electron chi connectivity index (χ4n) is 6.08. The number of anilines is 1. The Balaban J connectivity index is 1.48. The third-order valence-electron chi connectivity index (χ3n) is 7.50. The number of hydrogen-bond acceptors (Lipinski definition) is 2. The van der Waals surface area contributed by atoms with Crippen LogP contribution < -0.4 is 4.90 Å². The summed E-state index contributed by atoms with van der Waals surface area (Å²) in [6.45, 7) is 2.98. The summed E-state index contributed by atoms with van der Waals surface area (Å²) in [7, 11) is 0. The van der Waals surface area contributed by atoms with Gasteiger partial charge in [0.1, 0.15) is 0 Å². The van der Waals surface area contributed by atoms with E-state index in [1.54, 1.807) is 0 Å². The van der Waals surface area contributed by atoms with Crippen molar-refractivity contribution >= 4 is 39.3 Å². The lowest BCUT2D eigenvalue weighted by Gasteiger charge is -2.27. The van der Waals surface area contributed by atoms with Crippen molar-refractivity contribution in [2.75, 3.05) is 4.90 Å². The third kappa shape index (κ3) is 2.37. The fraction of sp³-hybridized carbons (Fsp3) is 0.133. The number of imide groups is 1. The maximum absolute atomic E-state index is 14.1. The predicted octanol–water partition coefficient (Wildman–Crippen LogP) is 5.97. The molecule has 34 heavy (non-hydrogen) atoms. The predicted molar refractivity (Wildman–Crippen MR) is 134 cm³/mol. The molecule has 0 saturated heterocycles. The highest BCUT2D eigenvalue weighted by atomic mass is 16.2. The first-order valence-electron chi connectivity index (χ1n) is 11.8. The van der Waals surface area contributed by atoms with Crippen molar-refractivity contribution in [2.45, 2.75) is 25.3 Å². The molecule has 0 atom stereocenters. The van der Waals surface area contributed by atoms with Crippen LogP contribution in [0.4, 0.5) is 5.69 Å². The molecule has 164 valence electrons. The van der Waals surface area contributed by atoms with Gasteiger partial charge in [0.05, 0.1) is 17.5 Å². The van der Waals surface area contributed by atoms with Gasteiger partial charge in [0.15, 0.2) is 0 Å². The molecule has 4 heteroatoms. The summed E-state index contributed by atoms with van der Waals surface area (Å²) in [5, 5.41) is 2.19. The Labute approximate surface area is 197 Å². The van der Waals surface area contributed by atoms with Gasteiger partial charge in [0.25, 0.3) is 0 Å². The van der Waals surface area contributed by atoms with E-state index >= 15 is 0 Å². The van der Waals surface area contributed by atoms with Crippen LogP contribution in [0.3, 0.4) is 0 Å². The largest absolute Gasteiger partial charge is 0.341 e. The molecule has 4 aromatic carbocycles. The highest BCUT2D eigenvalue weighted by molar-refractivity contribution is 6.24. The number of fused-ring (bicyclic) bond motifs is 5. The van der Waals surface area contributed by atoms with Crippen molar-refractivity contribution in [2.24, 2.45) is 0 Å². The summed E-state index contributed by atoms with van der Waals surface area (Å²) < 4.78 is 2.27. The van der Waals surface area contributed by atoms with Crippen molar-refractivity contribution < 1.29 is 9.59 Å². The average molecular weight is 443 g/mol. The monoisotopic (exact) mass is 442 g/mol. The minimum absolute atomic E-state index is 0.177. The minimum Gasteiger partial charge on any atom is -0.341 e. The third-order valence-corrected chi connectivity index (χ3v) is 7.50. The van der Waals surface area contributed by atoms with Crippen molar-refractivity contribution in [3.63, 3.8) is 0 Å². The Morgan fingerprint density at radius 2 is 1.12 bits per heavy atom. The molecule has 3 aliphatic rings. The lowest BCUT2D eigenvalue weighted by atomic mass is 9.73. The number of carbonyl (C=O) groups is 2. The lowest BCUT2D eigenvalue weighted by Crippen LogP contribution is -2.38. The van der Waals surface area contributed by atoms with Gasteiger partial charge in [-0.2, -0.15) is 0 Å². The number of aryl methyl sites for hydroxylation is 1. The summed E-state index contributed by atoms with van der Waals surface area (Å²) in [5.74, 6) is -1.32. The highest BCUT2D eigenvalue weighted by Crippen LogP contribution is 2.49. The second-order valence-corrected chi connectivity index (χ2v) is 9.10. The number of rotatable bonds is 2. The first kappa shape index (κ1) is 19.3. The smallest absolute Gasteiger partial charge is 0.245 e. The van der Waals surface area contributed by atoms with Gasteiger partial charge in [-0.15, -0.1) is 0 Å². The van der Waals surface area contributed by atoms with Crippen molar-refractivity contribution in [1.29, 1.82) is 0 Å². The molecule has 2 bridgehead atoms. The van der Waals surface area contributed by atoms with E-state index in [0.29, 0.717) is 5.69 Å². The van der Waals surface area contributed by atoms with E-state index in [4.69, 9.17) is 0 Å². The molecular formula is C30H22N2O2. The van der Waals surface area contributed by atoms with Gasteiger partial charge in [0.2, 0.25) is 11.8 Å². The van der Waals surface area contributed by atoms with Crippen LogP contribution in [-0.2, 0) is 16.1 Å². The highest BCUT2D eigenvalue weighted by Gasteiger charge is 2.48. The Morgan fingerprint density at radius 1 is 0.618 bits per heavy atom. The molecule has 1 aliphatic carbocycles. The summed E-state index contributed by atoms with van der Waals surface area (Å²) >= 11 is 0. The van der Waals surface area contributed by atoms with Crippen molar-refractivity contribution in [1.82, 2.24) is 4.57 Å². The average Bonchev–Trinajstić information content (AvgIpc) is 3.10. The Hall–Kier alpha value is -4.18. The summed E-state index contributed by atoms with van der Waals surface area (Å²) in [6, 6.07) is 30.1. The molecule has 0 spiro atoms. The number of para-hydroxylation sites is 1. The van der Waals surface area contributed by atoms with Crippen LogP contribution in [0, 0.1) is 0 Å². The molecule has 0 fully saturated rings. The molecule has 1 aromatic heterocycles. The number of benzene rings is 4. The first-order valence-corrected chi connectivity index (χ1v) is 11.8. The van der Waals surface area contributed by atoms with Crippen LogP contribution in [-0.4, -0.2) is 16.4 Å². The number of nitrogens with zero attached hydrogens (tertiary/aromatic N) is 2. The molecule has 2 amide bonds. The van der Waals surface area contributed by atoms with Crippen molar-refractivity contribution in [3.8, 4) is 0 Å². The summed E-state index contributed by atoms with van der Waals surface area (Å²) in [5.41, 5.74) is 6.66. The maximum Gasteiger partial charge on any atom is 0.245 e. The normalized spacial score (nSPS) is 18.9.